The smallest absolute Gasteiger partial charge is 0.202 e. The lowest BCUT2D eigenvalue weighted by Crippen LogP contribution is -2.20. The van der Waals surface area contributed by atoms with Crippen LogP contribution in [0, 0.1) is 0 Å². The lowest BCUT2D eigenvalue weighted by molar-refractivity contribution is 0.723. The summed E-state index contributed by atoms with van der Waals surface area (Å²) in [5, 5.41) is 7.76. The molecule has 0 saturated carbocycles. The number of nitrogens with zero attached hydrogens (tertiary/aromatic N) is 2. The SMILES string of the molecule is CCn1ccnc1NC(C)Cc1ccsc1. The number of anilines is 1. The minimum atomic E-state index is 0.405. The predicted octanol–water partition coefficient (Wildman–Crippen LogP) is 3.01. The van der Waals surface area contributed by atoms with Gasteiger partial charge in [0.1, 0.15) is 0 Å². The number of rotatable bonds is 5. The van der Waals surface area contributed by atoms with Crippen molar-refractivity contribution in [2.75, 3.05) is 5.32 Å². The van der Waals surface area contributed by atoms with Crippen molar-refractivity contribution in [1.29, 1.82) is 0 Å². The van der Waals surface area contributed by atoms with Crippen molar-refractivity contribution in [2.24, 2.45) is 0 Å². The average Bonchev–Trinajstić information content (AvgIpc) is 2.88. The fourth-order valence-electron chi connectivity index (χ4n) is 1.74. The minimum absolute atomic E-state index is 0.405. The first kappa shape index (κ1) is 11.2. The summed E-state index contributed by atoms with van der Waals surface area (Å²) in [5.41, 5.74) is 1.39. The van der Waals surface area contributed by atoms with Crippen molar-refractivity contribution < 1.29 is 0 Å². The Kier molecular flexibility index (Phi) is 3.62. The van der Waals surface area contributed by atoms with Crippen molar-refractivity contribution in [3.05, 3.63) is 34.8 Å². The highest BCUT2D eigenvalue weighted by Crippen LogP contribution is 2.12. The molecule has 86 valence electrons. The lowest BCUT2D eigenvalue weighted by atomic mass is 10.1. The molecule has 2 rings (SSSR count). The molecule has 1 atom stereocenters. The molecule has 2 heterocycles. The molecule has 0 bridgehead atoms. The highest BCUT2D eigenvalue weighted by molar-refractivity contribution is 7.07. The van der Waals surface area contributed by atoms with E-state index in [1.54, 1.807) is 11.3 Å². The van der Waals surface area contributed by atoms with E-state index in [0.717, 1.165) is 18.9 Å². The van der Waals surface area contributed by atoms with Crippen LogP contribution in [-0.4, -0.2) is 15.6 Å². The number of imidazole rings is 1. The molecule has 0 amide bonds. The third-order valence-corrected chi connectivity index (χ3v) is 3.29. The van der Waals surface area contributed by atoms with Crippen LogP contribution in [0.3, 0.4) is 0 Å². The van der Waals surface area contributed by atoms with Gasteiger partial charge >= 0.3 is 0 Å². The van der Waals surface area contributed by atoms with E-state index >= 15 is 0 Å². The van der Waals surface area contributed by atoms with Crippen LogP contribution in [0.2, 0.25) is 0 Å². The molecule has 16 heavy (non-hydrogen) atoms. The maximum atomic E-state index is 4.31. The first-order chi connectivity index (χ1) is 7.79. The third kappa shape index (κ3) is 2.64. The number of aromatic nitrogens is 2. The monoisotopic (exact) mass is 235 g/mol. The second kappa shape index (κ2) is 5.16. The third-order valence-electron chi connectivity index (χ3n) is 2.55. The molecule has 1 unspecified atom stereocenters. The van der Waals surface area contributed by atoms with E-state index in [1.165, 1.54) is 5.56 Å². The summed E-state index contributed by atoms with van der Waals surface area (Å²) in [7, 11) is 0. The standard InChI is InChI=1S/C12H17N3S/c1-3-15-6-5-13-12(15)14-10(2)8-11-4-7-16-9-11/h4-7,9-10H,3,8H2,1-2H3,(H,13,14). The normalized spacial score (nSPS) is 12.6. The average molecular weight is 235 g/mol. The van der Waals surface area contributed by atoms with Gasteiger partial charge in [-0.05, 0) is 42.7 Å². The molecule has 3 nitrogen and oxygen atoms in total. The molecule has 1 N–H and O–H groups in total. The first-order valence-corrected chi connectivity index (χ1v) is 6.52. The zero-order valence-electron chi connectivity index (χ0n) is 9.68. The van der Waals surface area contributed by atoms with Crippen LogP contribution in [0.5, 0.6) is 0 Å². The summed E-state index contributed by atoms with van der Waals surface area (Å²) in [6.07, 6.45) is 4.88. The van der Waals surface area contributed by atoms with Crippen LogP contribution in [0.4, 0.5) is 5.95 Å². The van der Waals surface area contributed by atoms with Gasteiger partial charge in [-0.25, -0.2) is 4.98 Å². The summed E-state index contributed by atoms with van der Waals surface area (Å²) < 4.78 is 2.12. The van der Waals surface area contributed by atoms with Gasteiger partial charge in [-0.15, -0.1) is 0 Å². The summed E-state index contributed by atoms with van der Waals surface area (Å²) in [5.74, 6) is 0.963. The molecular formula is C12H17N3S. The van der Waals surface area contributed by atoms with Gasteiger partial charge < -0.3 is 9.88 Å². The molecule has 4 heteroatoms. The molecule has 0 saturated heterocycles. The second-order valence-electron chi connectivity index (χ2n) is 3.92. The molecule has 2 aromatic heterocycles. The van der Waals surface area contributed by atoms with E-state index in [9.17, 15) is 0 Å². The fraction of sp³-hybridized carbons (Fsp3) is 0.417. The van der Waals surface area contributed by atoms with Crippen LogP contribution in [0.25, 0.3) is 0 Å². The Hall–Kier alpha value is -1.29. The number of hydrogen-bond acceptors (Lipinski definition) is 3. The van der Waals surface area contributed by atoms with Crippen LogP contribution in [-0.2, 0) is 13.0 Å². The van der Waals surface area contributed by atoms with Crippen molar-refractivity contribution >= 4 is 17.3 Å². The number of nitrogens with one attached hydrogen (secondary N) is 1. The highest BCUT2D eigenvalue weighted by Gasteiger charge is 2.07. The van der Waals surface area contributed by atoms with Gasteiger partial charge in [0.05, 0.1) is 0 Å². The van der Waals surface area contributed by atoms with Gasteiger partial charge in [0.15, 0.2) is 0 Å². The topological polar surface area (TPSA) is 29.9 Å². The van der Waals surface area contributed by atoms with Gasteiger partial charge in [-0.1, -0.05) is 0 Å². The van der Waals surface area contributed by atoms with E-state index in [-0.39, 0.29) is 0 Å². The molecule has 0 radical (unpaired) electrons. The maximum absolute atomic E-state index is 4.31. The molecule has 0 spiro atoms. The number of thiophene rings is 1. The summed E-state index contributed by atoms with van der Waals surface area (Å²) in [6.45, 7) is 5.26. The quantitative estimate of drug-likeness (QED) is 0.863. The van der Waals surface area contributed by atoms with Crippen molar-refractivity contribution in [1.82, 2.24) is 9.55 Å². The fourth-order valence-corrected chi connectivity index (χ4v) is 2.42. The molecule has 0 fully saturated rings. The Morgan fingerprint density at radius 1 is 1.56 bits per heavy atom. The van der Waals surface area contributed by atoms with E-state index in [4.69, 9.17) is 0 Å². The van der Waals surface area contributed by atoms with Crippen molar-refractivity contribution in [3.63, 3.8) is 0 Å². The van der Waals surface area contributed by atoms with E-state index in [2.05, 4.69) is 45.5 Å². The largest absolute Gasteiger partial charge is 0.353 e. The Morgan fingerprint density at radius 2 is 2.44 bits per heavy atom. The Labute approximate surface area is 100 Å². The van der Waals surface area contributed by atoms with E-state index in [0.29, 0.717) is 6.04 Å². The van der Waals surface area contributed by atoms with Crippen LogP contribution >= 0.6 is 11.3 Å². The molecule has 0 aromatic carbocycles. The van der Waals surface area contributed by atoms with E-state index < -0.39 is 0 Å². The van der Waals surface area contributed by atoms with Crippen LogP contribution in [0.1, 0.15) is 19.4 Å². The van der Waals surface area contributed by atoms with Gasteiger partial charge in [-0.2, -0.15) is 11.3 Å². The van der Waals surface area contributed by atoms with Gasteiger partial charge in [0, 0.05) is 25.0 Å². The summed E-state index contributed by atoms with van der Waals surface area (Å²) in [6, 6.07) is 2.58. The van der Waals surface area contributed by atoms with Crippen LogP contribution < -0.4 is 5.32 Å². The molecule has 0 aliphatic rings. The Balaban J connectivity index is 1.94. The predicted molar refractivity (Wildman–Crippen MR) is 69.0 cm³/mol. The molecule has 0 aliphatic heterocycles. The minimum Gasteiger partial charge on any atom is -0.353 e. The van der Waals surface area contributed by atoms with Crippen molar-refractivity contribution in [3.8, 4) is 0 Å². The Morgan fingerprint density at radius 3 is 3.12 bits per heavy atom. The second-order valence-corrected chi connectivity index (χ2v) is 4.70. The maximum Gasteiger partial charge on any atom is 0.202 e. The van der Waals surface area contributed by atoms with Gasteiger partial charge in [0.25, 0.3) is 0 Å². The van der Waals surface area contributed by atoms with Crippen LogP contribution in [0.15, 0.2) is 29.2 Å². The molecular weight excluding hydrogens is 218 g/mol. The summed E-state index contributed by atoms with van der Waals surface area (Å²) in [4.78, 5) is 4.31. The highest BCUT2D eigenvalue weighted by atomic mass is 32.1. The summed E-state index contributed by atoms with van der Waals surface area (Å²) >= 11 is 1.75. The van der Waals surface area contributed by atoms with Crippen molar-refractivity contribution in [2.45, 2.75) is 32.9 Å². The molecule has 0 aliphatic carbocycles. The molecule has 2 aromatic rings. The van der Waals surface area contributed by atoms with E-state index in [1.807, 2.05) is 12.4 Å². The number of aryl methyl sites for hydroxylation is 1. The number of hydrogen-bond donors (Lipinski definition) is 1. The zero-order valence-corrected chi connectivity index (χ0v) is 10.5. The zero-order chi connectivity index (χ0) is 11.4. The lowest BCUT2D eigenvalue weighted by Gasteiger charge is -2.14. The first-order valence-electron chi connectivity index (χ1n) is 5.58. The Bertz CT molecular complexity index is 419. The van der Waals surface area contributed by atoms with Gasteiger partial charge in [-0.3, -0.25) is 0 Å². The van der Waals surface area contributed by atoms with Gasteiger partial charge in [0.2, 0.25) is 5.95 Å².